The fraction of sp³-hybridized carbons (Fsp3) is 0.929. The molecule has 3 nitrogen and oxygen atoms in total. The van der Waals surface area contributed by atoms with Crippen LogP contribution >= 0.6 is 0 Å². The Balaban J connectivity index is 3.89. The molecule has 0 radical (unpaired) electrons. The summed E-state index contributed by atoms with van der Waals surface area (Å²) in [5.41, 5.74) is 0.234. The third-order valence-electron chi connectivity index (χ3n) is 3.03. The maximum atomic E-state index is 11.2. The van der Waals surface area contributed by atoms with Gasteiger partial charge in [-0.15, -0.1) is 0 Å². The van der Waals surface area contributed by atoms with Crippen molar-refractivity contribution in [3.8, 4) is 0 Å². The molecule has 102 valence electrons. The first-order valence-corrected chi connectivity index (χ1v) is 6.57. The first-order valence-electron chi connectivity index (χ1n) is 6.57. The molecule has 0 bridgehead atoms. The molecule has 0 heterocycles. The summed E-state index contributed by atoms with van der Waals surface area (Å²) in [5.74, 6) is 0.104. The van der Waals surface area contributed by atoms with E-state index >= 15 is 0 Å². The summed E-state index contributed by atoms with van der Waals surface area (Å²) < 4.78 is 5.77. The van der Waals surface area contributed by atoms with Crippen molar-refractivity contribution in [1.82, 2.24) is 5.32 Å². The number of rotatable bonds is 8. The average molecular weight is 243 g/mol. The third-order valence-corrected chi connectivity index (χ3v) is 3.03. The van der Waals surface area contributed by atoms with E-state index in [1.165, 1.54) is 0 Å². The minimum absolute atomic E-state index is 0.00531. The number of ether oxygens (including phenoxy) is 1. The SMILES string of the molecule is CCC(=O)NCC(C)(C)COCC(C)(C)CC. The van der Waals surface area contributed by atoms with Gasteiger partial charge in [0.15, 0.2) is 0 Å². The smallest absolute Gasteiger partial charge is 0.219 e. The lowest BCUT2D eigenvalue weighted by atomic mass is 9.91. The molecule has 0 atom stereocenters. The van der Waals surface area contributed by atoms with Gasteiger partial charge in [-0.05, 0) is 11.8 Å². The summed E-state index contributed by atoms with van der Waals surface area (Å²) in [4.78, 5) is 11.2. The van der Waals surface area contributed by atoms with Crippen molar-refractivity contribution in [3.05, 3.63) is 0 Å². The number of hydrogen-bond donors (Lipinski definition) is 1. The van der Waals surface area contributed by atoms with E-state index in [1.807, 2.05) is 6.92 Å². The predicted octanol–water partition coefficient (Wildman–Crippen LogP) is 2.99. The van der Waals surface area contributed by atoms with Gasteiger partial charge in [0.2, 0.25) is 5.91 Å². The quantitative estimate of drug-likeness (QED) is 0.711. The van der Waals surface area contributed by atoms with Crippen molar-refractivity contribution < 1.29 is 9.53 Å². The zero-order chi connectivity index (χ0) is 13.5. The molecule has 1 N–H and O–H groups in total. The first kappa shape index (κ1) is 16.4. The molecule has 1 amide bonds. The van der Waals surface area contributed by atoms with Gasteiger partial charge in [0.1, 0.15) is 0 Å². The van der Waals surface area contributed by atoms with Gasteiger partial charge in [0.25, 0.3) is 0 Å². The predicted molar refractivity (Wildman–Crippen MR) is 72.0 cm³/mol. The van der Waals surface area contributed by atoms with Crippen LogP contribution < -0.4 is 5.32 Å². The summed E-state index contributed by atoms with van der Waals surface area (Å²) in [7, 11) is 0. The van der Waals surface area contributed by atoms with E-state index in [1.54, 1.807) is 0 Å². The largest absolute Gasteiger partial charge is 0.380 e. The Hall–Kier alpha value is -0.570. The van der Waals surface area contributed by atoms with Crippen molar-refractivity contribution in [3.63, 3.8) is 0 Å². The maximum absolute atomic E-state index is 11.2. The highest BCUT2D eigenvalue weighted by atomic mass is 16.5. The van der Waals surface area contributed by atoms with Crippen LogP contribution in [0.15, 0.2) is 0 Å². The zero-order valence-corrected chi connectivity index (χ0v) is 12.4. The Bertz CT molecular complexity index is 234. The lowest BCUT2D eigenvalue weighted by molar-refractivity contribution is -0.121. The Kier molecular flexibility index (Phi) is 6.76. The molecule has 0 aliphatic rings. The van der Waals surface area contributed by atoms with Gasteiger partial charge in [-0.25, -0.2) is 0 Å². The Morgan fingerprint density at radius 3 is 2.06 bits per heavy atom. The molecular weight excluding hydrogens is 214 g/mol. The van der Waals surface area contributed by atoms with E-state index in [2.05, 4.69) is 39.9 Å². The summed E-state index contributed by atoms with van der Waals surface area (Å²) in [5, 5.41) is 2.92. The minimum Gasteiger partial charge on any atom is -0.380 e. The van der Waals surface area contributed by atoms with Gasteiger partial charge in [-0.3, -0.25) is 4.79 Å². The standard InChI is InChI=1S/C14H29NO2/c1-7-12(16)15-9-14(5,6)11-17-10-13(3,4)8-2/h7-11H2,1-6H3,(H,15,16). The van der Waals surface area contributed by atoms with Crippen LogP contribution in [0.1, 0.15) is 54.4 Å². The van der Waals surface area contributed by atoms with Crippen molar-refractivity contribution in [2.24, 2.45) is 10.8 Å². The van der Waals surface area contributed by atoms with Gasteiger partial charge in [-0.1, -0.05) is 41.5 Å². The van der Waals surface area contributed by atoms with Crippen LogP contribution in [0.4, 0.5) is 0 Å². The molecule has 0 saturated carbocycles. The summed E-state index contributed by atoms with van der Waals surface area (Å²) >= 11 is 0. The first-order chi connectivity index (χ1) is 7.72. The normalized spacial score (nSPS) is 12.6. The summed E-state index contributed by atoms with van der Waals surface area (Å²) in [6, 6.07) is 0. The number of carbonyl (C=O) groups excluding carboxylic acids is 1. The van der Waals surface area contributed by atoms with Crippen LogP contribution in [0.5, 0.6) is 0 Å². The second-order valence-corrected chi connectivity index (χ2v) is 6.31. The van der Waals surface area contributed by atoms with E-state index in [0.29, 0.717) is 19.6 Å². The van der Waals surface area contributed by atoms with Crippen LogP contribution in [0.3, 0.4) is 0 Å². The van der Waals surface area contributed by atoms with E-state index in [9.17, 15) is 4.79 Å². The average Bonchev–Trinajstić information content (AvgIpc) is 2.25. The second-order valence-electron chi connectivity index (χ2n) is 6.31. The summed E-state index contributed by atoms with van der Waals surface area (Å²) in [6.07, 6.45) is 1.65. The lowest BCUT2D eigenvalue weighted by Gasteiger charge is -2.28. The highest BCUT2D eigenvalue weighted by Gasteiger charge is 2.21. The van der Waals surface area contributed by atoms with Crippen molar-refractivity contribution >= 4 is 5.91 Å². The van der Waals surface area contributed by atoms with E-state index in [-0.39, 0.29) is 16.7 Å². The van der Waals surface area contributed by atoms with Gasteiger partial charge in [0.05, 0.1) is 13.2 Å². The maximum Gasteiger partial charge on any atom is 0.219 e. The topological polar surface area (TPSA) is 38.3 Å². The zero-order valence-electron chi connectivity index (χ0n) is 12.4. The molecule has 0 spiro atoms. The molecule has 0 saturated heterocycles. The third kappa shape index (κ3) is 8.19. The van der Waals surface area contributed by atoms with E-state index in [0.717, 1.165) is 13.0 Å². The second kappa shape index (κ2) is 7.00. The highest BCUT2D eigenvalue weighted by Crippen LogP contribution is 2.22. The summed E-state index contributed by atoms with van der Waals surface area (Å²) in [6.45, 7) is 14.8. The van der Waals surface area contributed by atoms with E-state index < -0.39 is 0 Å². The van der Waals surface area contributed by atoms with Crippen LogP contribution in [0.25, 0.3) is 0 Å². The van der Waals surface area contributed by atoms with Crippen LogP contribution in [-0.2, 0) is 9.53 Å². The number of nitrogens with one attached hydrogen (secondary N) is 1. The Labute approximate surface area is 106 Å². The lowest BCUT2D eigenvalue weighted by Crippen LogP contribution is -2.37. The van der Waals surface area contributed by atoms with Gasteiger partial charge >= 0.3 is 0 Å². The molecule has 0 aromatic rings. The molecule has 0 fully saturated rings. The van der Waals surface area contributed by atoms with Crippen molar-refractivity contribution in [1.29, 1.82) is 0 Å². The van der Waals surface area contributed by atoms with Crippen molar-refractivity contribution in [2.75, 3.05) is 19.8 Å². The van der Waals surface area contributed by atoms with E-state index in [4.69, 9.17) is 4.74 Å². The van der Waals surface area contributed by atoms with Crippen LogP contribution in [0.2, 0.25) is 0 Å². The highest BCUT2D eigenvalue weighted by molar-refractivity contribution is 5.75. The van der Waals surface area contributed by atoms with Crippen LogP contribution in [0, 0.1) is 10.8 Å². The Morgan fingerprint density at radius 2 is 1.59 bits per heavy atom. The monoisotopic (exact) mass is 243 g/mol. The minimum atomic E-state index is -0.00531. The fourth-order valence-electron chi connectivity index (χ4n) is 1.22. The molecule has 0 rings (SSSR count). The number of amides is 1. The molecule has 3 heteroatoms. The molecule has 0 aliphatic heterocycles. The van der Waals surface area contributed by atoms with Crippen LogP contribution in [-0.4, -0.2) is 25.7 Å². The number of hydrogen-bond acceptors (Lipinski definition) is 2. The number of carbonyl (C=O) groups is 1. The van der Waals surface area contributed by atoms with Gasteiger partial charge in [0, 0.05) is 18.4 Å². The fourth-order valence-corrected chi connectivity index (χ4v) is 1.22. The Morgan fingerprint density at radius 1 is 1.06 bits per heavy atom. The molecule has 0 aliphatic carbocycles. The molecule has 0 aromatic carbocycles. The van der Waals surface area contributed by atoms with Gasteiger partial charge < -0.3 is 10.1 Å². The van der Waals surface area contributed by atoms with Gasteiger partial charge in [-0.2, -0.15) is 0 Å². The van der Waals surface area contributed by atoms with Crippen molar-refractivity contribution in [2.45, 2.75) is 54.4 Å². The molecular formula is C14H29NO2. The molecule has 0 unspecified atom stereocenters. The molecule has 17 heavy (non-hydrogen) atoms. The molecule has 0 aromatic heterocycles.